The number of carbonyl (C=O) groups is 1. The lowest BCUT2D eigenvalue weighted by atomic mass is 10.1. The van der Waals surface area contributed by atoms with Crippen LogP contribution in [0.3, 0.4) is 0 Å². The Balaban J connectivity index is 1.59. The van der Waals surface area contributed by atoms with Crippen LogP contribution < -0.4 is 10.9 Å². The van der Waals surface area contributed by atoms with Gasteiger partial charge in [-0.15, -0.1) is 0 Å². The predicted molar refractivity (Wildman–Crippen MR) is 116 cm³/mol. The summed E-state index contributed by atoms with van der Waals surface area (Å²) in [6.07, 6.45) is -0.234. The standard InChI is InChI=1S/C23H25N3O4/c1-16-7-8-21-17(11-16)12-18(22(27)25-21)13-26(14-20-15-29-9-10-30-20)23(28)24-19-5-3-2-4-6-19/h2-8,11-12,20H,9-10,13-15H2,1H3,(H,24,28)(H,25,27)/t20-/m1/s1. The van der Waals surface area contributed by atoms with Crippen molar-refractivity contribution >= 4 is 22.6 Å². The Morgan fingerprint density at radius 3 is 2.77 bits per heavy atom. The van der Waals surface area contributed by atoms with E-state index in [2.05, 4.69) is 10.3 Å². The molecule has 0 saturated carbocycles. The van der Waals surface area contributed by atoms with Crippen molar-refractivity contribution in [3.63, 3.8) is 0 Å². The number of ether oxygens (including phenoxy) is 2. The number of aryl methyl sites for hydroxylation is 1. The first kappa shape index (κ1) is 20.1. The number of carbonyl (C=O) groups excluding carboxylic acids is 1. The van der Waals surface area contributed by atoms with E-state index in [1.165, 1.54) is 0 Å². The Bertz CT molecular complexity index is 1070. The van der Waals surface area contributed by atoms with E-state index in [-0.39, 0.29) is 24.2 Å². The number of hydrogen-bond donors (Lipinski definition) is 2. The molecule has 1 atom stereocenters. The summed E-state index contributed by atoms with van der Waals surface area (Å²) in [6, 6.07) is 16.7. The van der Waals surface area contributed by atoms with Crippen molar-refractivity contribution < 1.29 is 14.3 Å². The van der Waals surface area contributed by atoms with Gasteiger partial charge in [0, 0.05) is 16.8 Å². The summed E-state index contributed by atoms with van der Waals surface area (Å²) in [6.45, 7) is 3.96. The zero-order valence-electron chi connectivity index (χ0n) is 16.9. The van der Waals surface area contributed by atoms with Gasteiger partial charge in [0.1, 0.15) is 0 Å². The molecule has 1 aliphatic heterocycles. The Morgan fingerprint density at radius 1 is 1.17 bits per heavy atom. The fraction of sp³-hybridized carbons (Fsp3) is 0.304. The molecule has 0 radical (unpaired) electrons. The number of fused-ring (bicyclic) bond motifs is 1. The molecule has 4 rings (SSSR count). The van der Waals surface area contributed by atoms with E-state index in [9.17, 15) is 9.59 Å². The van der Waals surface area contributed by atoms with E-state index in [1.807, 2.05) is 61.5 Å². The van der Waals surface area contributed by atoms with Gasteiger partial charge in [-0.1, -0.05) is 29.8 Å². The van der Waals surface area contributed by atoms with Crippen LogP contribution in [0.4, 0.5) is 10.5 Å². The number of amides is 2. The van der Waals surface area contributed by atoms with Gasteiger partial charge in [0.2, 0.25) is 0 Å². The average molecular weight is 407 g/mol. The van der Waals surface area contributed by atoms with E-state index in [4.69, 9.17) is 9.47 Å². The van der Waals surface area contributed by atoms with Gasteiger partial charge in [-0.3, -0.25) is 4.79 Å². The topological polar surface area (TPSA) is 83.7 Å². The molecule has 7 heteroatoms. The van der Waals surface area contributed by atoms with Gasteiger partial charge in [-0.25, -0.2) is 4.79 Å². The number of urea groups is 1. The first-order valence-electron chi connectivity index (χ1n) is 10.0. The van der Waals surface area contributed by atoms with Gasteiger partial charge < -0.3 is 24.7 Å². The molecule has 0 bridgehead atoms. The summed E-state index contributed by atoms with van der Waals surface area (Å²) in [5.74, 6) is 0. The minimum atomic E-state index is -0.292. The third-order valence-corrected chi connectivity index (χ3v) is 5.06. The van der Waals surface area contributed by atoms with Crippen molar-refractivity contribution in [1.29, 1.82) is 0 Å². The Morgan fingerprint density at radius 2 is 2.00 bits per heavy atom. The number of nitrogens with zero attached hydrogens (tertiary/aromatic N) is 1. The predicted octanol–water partition coefficient (Wildman–Crippen LogP) is 3.29. The van der Waals surface area contributed by atoms with Gasteiger partial charge >= 0.3 is 6.03 Å². The molecule has 1 saturated heterocycles. The smallest absolute Gasteiger partial charge is 0.322 e. The van der Waals surface area contributed by atoms with E-state index >= 15 is 0 Å². The third-order valence-electron chi connectivity index (χ3n) is 5.06. The molecule has 2 amide bonds. The second-order valence-electron chi connectivity index (χ2n) is 7.46. The van der Waals surface area contributed by atoms with Gasteiger partial charge in [-0.2, -0.15) is 0 Å². The van der Waals surface area contributed by atoms with Crippen molar-refractivity contribution in [1.82, 2.24) is 9.88 Å². The summed E-state index contributed by atoms with van der Waals surface area (Å²) in [5.41, 5.74) is 2.89. The summed E-state index contributed by atoms with van der Waals surface area (Å²) in [4.78, 5) is 30.2. The molecule has 7 nitrogen and oxygen atoms in total. The van der Waals surface area contributed by atoms with Crippen LogP contribution in [0.1, 0.15) is 11.1 Å². The fourth-order valence-corrected chi connectivity index (χ4v) is 3.53. The highest BCUT2D eigenvalue weighted by Gasteiger charge is 2.23. The molecule has 1 aromatic heterocycles. The summed E-state index contributed by atoms with van der Waals surface area (Å²) < 4.78 is 11.2. The number of para-hydroxylation sites is 1. The Hall–Kier alpha value is -3.16. The highest BCUT2D eigenvalue weighted by atomic mass is 16.6. The molecule has 0 spiro atoms. The lowest BCUT2D eigenvalue weighted by Crippen LogP contribution is -2.44. The number of benzene rings is 2. The van der Waals surface area contributed by atoms with E-state index in [1.54, 1.807) is 4.90 Å². The van der Waals surface area contributed by atoms with Gasteiger partial charge in [0.05, 0.1) is 39.0 Å². The fourth-order valence-electron chi connectivity index (χ4n) is 3.53. The minimum Gasteiger partial charge on any atom is -0.376 e. The number of nitrogens with one attached hydrogen (secondary N) is 2. The van der Waals surface area contributed by atoms with Crippen LogP contribution in [0.2, 0.25) is 0 Å². The normalized spacial score (nSPS) is 16.4. The molecule has 0 unspecified atom stereocenters. The summed E-state index contributed by atoms with van der Waals surface area (Å²) >= 11 is 0. The third kappa shape index (κ3) is 4.87. The van der Waals surface area contributed by atoms with E-state index < -0.39 is 0 Å². The zero-order valence-corrected chi connectivity index (χ0v) is 16.9. The first-order valence-corrected chi connectivity index (χ1v) is 10.0. The van der Waals surface area contributed by atoms with Crippen LogP contribution in [0.15, 0.2) is 59.4 Å². The number of anilines is 1. The molecule has 2 heterocycles. The SMILES string of the molecule is Cc1ccc2[nH]c(=O)c(CN(C[C@@H]3COCCO3)C(=O)Nc3ccccc3)cc2c1. The van der Waals surface area contributed by atoms with Crippen LogP contribution >= 0.6 is 0 Å². The van der Waals surface area contributed by atoms with Gasteiger partial charge in [-0.05, 0) is 42.6 Å². The Labute approximate surface area is 174 Å². The van der Waals surface area contributed by atoms with Crippen LogP contribution in [0.25, 0.3) is 10.9 Å². The molecule has 156 valence electrons. The van der Waals surface area contributed by atoms with Crippen LogP contribution in [-0.4, -0.2) is 48.4 Å². The van der Waals surface area contributed by atoms with Crippen LogP contribution in [-0.2, 0) is 16.0 Å². The van der Waals surface area contributed by atoms with Crippen molar-refractivity contribution in [2.24, 2.45) is 0 Å². The summed E-state index contributed by atoms with van der Waals surface area (Å²) in [7, 11) is 0. The molecule has 3 aromatic rings. The highest BCUT2D eigenvalue weighted by Crippen LogP contribution is 2.16. The molecule has 0 aliphatic carbocycles. The number of H-pyrrole nitrogens is 1. The largest absolute Gasteiger partial charge is 0.376 e. The maximum Gasteiger partial charge on any atom is 0.322 e. The number of rotatable bonds is 5. The zero-order chi connectivity index (χ0) is 20.9. The second-order valence-corrected chi connectivity index (χ2v) is 7.46. The molecule has 1 fully saturated rings. The number of hydrogen-bond acceptors (Lipinski definition) is 4. The van der Waals surface area contributed by atoms with Crippen molar-refractivity contribution in [3.8, 4) is 0 Å². The van der Waals surface area contributed by atoms with Crippen molar-refractivity contribution in [3.05, 3.63) is 76.1 Å². The van der Waals surface area contributed by atoms with Gasteiger partial charge in [0.25, 0.3) is 5.56 Å². The monoisotopic (exact) mass is 407 g/mol. The first-order chi connectivity index (χ1) is 14.6. The van der Waals surface area contributed by atoms with Crippen LogP contribution in [0.5, 0.6) is 0 Å². The number of aromatic amines is 1. The van der Waals surface area contributed by atoms with E-state index in [0.717, 1.165) is 16.5 Å². The molecule has 1 aliphatic rings. The Kier molecular flexibility index (Phi) is 6.11. The van der Waals surface area contributed by atoms with Crippen molar-refractivity contribution in [2.75, 3.05) is 31.7 Å². The van der Waals surface area contributed by atoms with Gasteiger partial charge in [0.15, 0.2) is 0 Å². The maximum atomic E-state index is 13.0. The maximum absolute atomic E-state index is 13.0. The van der Waals surface area contributed by atoms with Crippen LogP contribution in [0, 0.1) is 6.92 Å². The molecule has 2 aromatic carbocycles. The highest BCUT2D eigenvalue weighted by molar-refractivity contribution is 5.89. The van der Waals surface area contributed by atoms with E-state index in [0.29, 0.717) is 37.6 Å². The average Bonchev–Trinajstić information content (AvgIpc) is 2.75. The molecular weight excluding hydrogens is 382 g/mol. The number of aromatic nitrogens is 1. The minimum absolute atomic E-state index is 0.164. The van der Waals surface area contributed by atoms with Crippen molar-refractivity contribution in [2.45, 2.75) is 19.6 Å². The lowest BCUT2D eigenvalue weighted by molar-refractivity contribution is -0.0943. The molecular formula is C23H25N3O4. The quantitative estimate of drug-likeness (QED) is 0.680. The second kappa shape index (κ2) is 9.11. The summed E-state index contributed by atoms with van der Waals surface area (Å²) in [5, 5.41) is 3.83. The number of pyridine rings is 1. The molecule has 2 N–H and O–H groups in total. The molecule has 30 heavy (non-hydrogen) atoms. The lowest BCUT2D eigenvalue weighted by Gasteiger charge is -2.30.